The number of hydrogen-bond donors (Lipinski definition) is 3. The molecule has 1 unspecified atom stereocenters. The number of carbonyl (C=O) groups excluding carboxylic acids is 1. The van der Waals surface area contributed by atoms with Crippen LogP contribution in [0.4, 0.5) is 5.82 Å². The highest BCUT2D eigenvalue weighted by Crippen LogP contribution is 2.55. The number of rotatable bonds is 4. The minimum atomic E-state index is -0.161. The first-order valence-corrected chi connectivity index (χ1v) is 11.7. The summed E-state index contributed by atoms with van der Waals surface area (Å²) < 4.78 is 2.13. The lowest BCUT2D eigenvalue weighted by Gasteiger charge is -2.19. The van der Waals surface area contributed by atoms with E-state index in [1.54, 1.807) is 7.05 Å². The van der Waals surface area contributed by atoms with Gasteiger partial charge in [-0.3, -0.25) is 14.6 Å². The normalized spacial score (nSPS) is 24.5. The molecule has 33 heavy (non-hydrogen) atoms. The van der Waals surface area contributed by atoms with Crippen LogP contribution in [0, 0.1) is 11.3 Å². The van der Waals surface area contributed by atoms with Gasteiger partial charge in [0.05, 0.1) is 11.2 Å². The van der Waals surface area contributed by atoms with Gasteiger partial charge in [0, 0.05) is 42.2 Å². The van der Waals surface area contributed by atoms with E-state index >= 15 is 0 Å². The van der Waals surface area contributed by atoms with Crippen LogP contribution in [0.25, 0.3) is 11.6 Å². The van der Waals surface area contributed by atoms with Crippen LogP contribution >= 0.6 is 0 Å². The molecule has 1 saturated carbocycles. The Morgan fingerprint density at radius 2 is 1.97 bits per heavy atom. The Morgan fingerprint density at radius 1 is 1.21 bits per heavy atom. The molecule has 3 aliphatic rings. The number of anilines is 1. The van der Waals surface area contributed by atoms with Gasteiger partial charge >= 0.3 is 0 Å². The van der Waals surface area contributed by atoms with Crippen LogP contribution in [0.1, 0.15) is 65.6 Å². The molecule has 0 saturated heterocycles. The maximum atomic E-state index is 11.9. The lowest BCUT2D eigenvalue weighted by Crippen LogP contribution is -2.23. The molecule has 3 heterocycles. The monoisotopic (exact) mass is 442 g/mol. The summed E-state index contributed by atoms with van der Waals surface area (Å²) in [6.45, 7) is 7.62. The van der Waals surface area contributed by atoms with Gasteiger partial charge in [0.1, 0.15) is 0 Å². The molecule has 7 heteroatoms. The van der Waals surface area contributed by atoms with Crippen molar-refractivity contribution < 1.29 is 4.79 Å². The van der Waals surface area contributed by atoms with E-state index in [4.69, 9.17) is 5.10 Å². The summed E-state index contributed by atoms with van der Waals surface area (Å²) in [6, 6.07) is 7.94. The van der Waals surface area contributed by atoms with E-state index in [0.717, 1.165) is 42.9 Å². The van der Waals surface area contributed by atoms with E-state index in [9.17, 15) is 4.79 Å². The van der Waals surface area contributed by atoms with Gasteiger partial charge in [-0.25, -0.2) is 0 Å². The van der Waals surface area contributed by atoms with E-state index < -0.39 is 0 Å². The molecule has 1 aliphatic heterocycles. The molecule has 2 aliphatic carbocycles. The fourth-order valence-electron chi connectivity index (χ4n) is 5.74. The Bertz CT molecular complexity index is 1290. The van der Waals surface area contributed by atoms with Crippen LogP contribution in [0.3, 0.4) is 0 Å². The first-order valence-electron chi connectivity index (χ1n) is 11.7. The van der Waals surface area contributed by atoms with Crippen LogP contribution in [0.15, 0.2) is 30.5 Å². The minimum absolute atomic E-state index is 0.0656. The number of fused-ring (bicyclic) bond motifs is 2. The van der Waals surface area contributed by atoms with E-state index in [-0.39, 0.29) is 11.4 Å². The number of nitrogens with one attached hydrogen (secondary N) is 3. The molecule has 1 fully saturated rings. The second kappa shape index (κ2) is 6.83. The summed E-state index contributed by atoms with van der Waals surface area (Å²) in [5, 5.41) is 19.1. The molecular formula is C26H30N6O. The topological polar surface area (TPSA) is 87.6 Å². The molecule has 170 valence electrons. The van der Waals surface area contributed by atoms with Crippen LogP contribution in [-0.4, -0.2) is 39.5 Å². The van der Waals surface area contributed by atoms with E-state index in [2.05, 4.69) is 70.7 Å². The number of aromatic nitrogens is 4. The smallest absolute Gasteiger partial charge is 0.251 e. The number of hydrogen-bond acceptors (Lipinski definition) is 4. The number of H-pyrrole nitrogens is 1. The van der Waals surface area contributed by atoms with Crippen LogP contribution in [0.5, 0.6) is 0 Å². The van der Waals surface area contributed by atoms with Crippen molar-refractivity contribution in [1.29, 1.82) is 0 Å². The predicted octanol–water partition coefficient (Wildman–Crippen LogP) is 3.84. The molecular weight excluding hydrogens is 412 g/mol. The van der Waals surface area contributed by atoms with E-state index in [1.807, 2.05) is 12.1 Å². The Hall–Kier alpha value is -3.35. The van der Waals surface area contributed by atoms with Crippen molar-refractivity contribution in [3.05, 3.63) is 64.1 Å². The van der Waals surface area contributed by atoms with Crippen molar-refractivity contribution in [1.82, 2.24) is 25.3 Å². The highest BCUT2D eigenvalue weighted by molar-refractivity contribution is 5.94. The van der Waals surface area contributed by atoms with Gasteiger partial charge in [-0.15, -0.1) is 0 Å². The first-order chi connectivity index (χ1) is 15.8. The fraction of sp³-hybridized carbons (Fsp3) is 0.423. The third-order valence-corrected chi connectivity index (χ3v) is 7.64. The van der Waals surface area contributed by atoms with Gasteiger partial charge in [-0.2, -0.15) is 10.2 Å². The molecule has 0 radical (unpaired) electrons. The molecule has 6 rings (SSSR count). The van der Waals surface area contributed by atoms with Crippen molar-refractivity contribution in [2.75, 3.05) is 18.9 Å². The summed E-state index contributed by atoms with van der Waals surface area (Å²) in [7, 11) is 1.65. The van der Waals surface area contributed by atoms with Crippen molar-refractivity contribution in [2.24, 2.45) is 11.3 Å². The van der Waals surface area contributed by atoms with Gasteiger partial charge < -0.3 is 10.6 Å². The molecule has 1 aromatic carbocycles. The Balaban J connectivity index is 1.33. The summed E-state index contributed by atoms with van der Waals surface area (Å²) in [5.41, 5.74) is 8.06. The molecule has 1 amide bonds. The lowest BCUT2D eigenvalue weighted by molar-refractivity contribution is 0.0963. The molecule has 0 bridgehead atoms. The van der Waals surface area contributed by atoms with Crippen LogP contribution < -0.4 is 10.6 Å². The molecule has 0 spiro atoms. The van der Waals surface area contributed by atoms with Crippen LogP contribution in [0.2, 0.25) is 0 Å². The summed E-state index contributed by atoms with van der Waals surface area (Å²) in [4.78, 5) is 11.9. The second-order valence-corrected chi connectivity index (χ2v) is 10.6. The van der Waals surface area contributed by atoms with Gasteiger partial charge in [0.25, 0.3) is 5.91 Å². The van der Waals surface area contributed by atoms with Crippen molar-refractivity contribution >= 4 is 23.4 Å². The number of aromatic amines is 1. The molecule has 2 atom stereocenters. The fourth-order valence-corrected chi connectivity index (χ4v) is 5.74. The highest BCUT2D eigenvalue weighted by Gasteiger charge is 2.55. The maximum absolute atomic E-state index is 11.9. The number of nitrogens with zero attached hydrogens (tertiary/aromatic N) is 3. The number of benzene rings is 1. The number of amides is 1. The minimum Gasteiger partial charge on any atom is -0.364 e. The average Bonchev–Trinajstić information content (AvgIpc) is 3.09. The van der Waals surface area contributed by atoms with E-state index in [1.165, 1.54) is 22.4 Å². The zero-order valence-electron chi connectivity index (χ0n) is 19.6. The molecule has 2 aromatic heterocycles. The van der Waals surface area contributed by atoms with Gasteiger partial charge in [-0.1, -0.05) is 32.9 Å². The third kappa shape index (κ3) is 3.05. The molecule has 3 N–H and O–H groups in total. The first kappa shape index (κ1) is 20.3. The molecule has 3 aromatic rings. The Morgan fingerprint density at radius 3 is 2.67 bits per heavy atom. The van der Waals surface area contributed by atoms with Crippen molar-refractivity contribution in [3.8, 4) is 0 Å². The zero-order valence-corrected chi connectivity index (χ0v) is 19.6. The maximum Gasteiger partial charge on any atom is 0.251 e. The Labute approximate surface area is 193 Å². The van der Waals surface area contributed by atoms with Crippen molar-refractivity contribution in [2.45, 2.75) is 45.6 Å². The summed E-state index contributed by atoms with van der Waals surface area (Å²) >= 11 is 0. The standard InChI is InChI=1S/C26H30N6O/c1-15-10-26(15,19-7-5-16(6-8-19)24(33)27-4)32-14-18-9-17(13-28-23(18)31-32)22-20-11-25(2,3)12-21(20)29-30-22/h5-9,14-15H,10-13H2,1-4H3,(H,27,33)(H,28,31)(H,29,30)/t15-,26?/m1/s1. The van der Waals surface area contributed by atoms with Crippen LogP contribution in [-0.2, 0) is 18.4 Å². The summed E-state index contributed by atoms with van der Waals surface area (Å²) in [5.74, 6) is 1.33. The van der Waals surface area contributed by atoms with Crippen molar-refractivity contribution in [3.63, 3.8) is 0 Å². The van der Waals surface area contributed by atoms with Gasteiger partial charge in [0.2, 0.25) is 0 Å². The van der Waals surface area contributed by atoms with E-state index in [0.29, 0.717) is 16.9 Å². The molecule has 7 nitrogen and oxygen atoms in total. The lowest BCUT2D eigenvalue weighted by atomic mass is 9.89. The average molecular weight is 443 g/mol. The number of carbonyl (C=O) groups is 1. The summed E-state index contributed by atoms with van der Waals surface area (Å²) in [6.07, 6.45) is 7.55. The zero-order chi connectivity index (χ0) is 23.0. The quantitative estimate of drug-likeness (QED) is 0.573. The van der Waals surface area contributed by atoms with Gasteiger partial charge in [-0.05, 0) is 59.9 Å². The third-order valence-electron chi connectivity index (χ3n) is 7.64. The predicted molar refractivity (Wildman–Crippen MR) is 129 cm³/mol. The largest absolute Gasteiger partial charge is 0.364 e. The SMILES string of the molecule is CNC(=O)c1ccc(C2(n3cc4c(n3)NCC(c3n[nH]c5c3CC(C)(C)C5)=C4)C[C@H]2C)cc1. The van der Waals surface area contributed by atoms with Gasteiger partial charge in [0.15, 0.2) is 5.82 Å². The highest BCUT2D eigenvalue weighted by atomic mass is 16.1. The Kier molecular flexibility index (Phi) is 4.19. The second-order valence-electron chi connectivity index (χ2n) is 10.6.